The predicted octanol–water partition coefficient (Wildman–Crippen LogP) is 4.83. The number of fused-ring (bicyclic) bond motifs is 1. The molecule has 3 aromatic carbocycles. The first-order chi connectivity index (χ1) is 15.3. The lowest BCUT2D eigenvalue weighted by Gasteiger charge is -2.13. The second kappa shape index (κ2) is 8.68. The van der Waals surface area contributed by atoms with Gasteiger partial charge in [-0.25, -0.2) is 8.42 Å². The van der Waals surface area contributed by atoms with Crippen molar-refractivity contribution in [3.8, 4) is 0 Å². The van der Waals surface area contributed by atoms with Crippen LogP contribution in [-0.4, -0.2) is 33.0 Å². The summed E-state index contributed by atoms with van der Waals surface area (Å²) in [5, 5.41) is 3.89. The van der Waals surface area contributed by atoms with Gasteiger partial charge in [-0.2, -0.15) is 0 Å². The zero-order valence-corrected chi connectivity index (χ0v) is 19.2. The van der Waals surface area contributed by atoms with Gasteiger partial charge in [0.25, 0.3) is 0 Å². The molecule has 4 rings (SSSR count). The molecule has 0 bridgehead atoms. The van der Waals surface area contributed by atoms with Crippen molar-refractivity contribution in [2.75, 3.05) is 24.3 Å². The number of para-hydroxylation sites is 1. The number of anilines is 2. The topological polar surface area (TPSA) is 71.4 Å². The van der Waals surface area contributed by atoms with E-state index in [9.17, 15) is 13.2 Å². The van der Waals surface area contributed by atoms with E-state index in [0.717, 1.165) is 5.69 Å². The highest BCUT2D eigenvalue weighted by Gasteiger charge is 2.24. The van der Waals surface area contributed by atoms with Crippen LogP contribution in [0, 0.1) is 0 Å². The Hall–Kier alpha value is -3.29. The Bertz CT molecular complexity index is 1380. The van der Waals surface area contributed by atoms with E-state index in [2.05, 4.69) is 5.32 Å². The van der Waals surface area contributed by atoms with Crippen LogP contribution in [0.15, 0.2) is 88.8 Å². The van der Waals surface area contributed by atoms with Crippen molar-refractivity contribution in [2.45, 2.75) is 16.3 Å². The van der Waals surface area contributed by atoms with Crippen molar-refractivity contribution in [1.29, 1.82) is 0 Å². The Morgan fingerprint density at radius 3 is 2.28 bits per heavy atom. The van der Waals surface area contributed by atoms with Gasteiger partial charge in [-0.1, -0.05) is 29.8 Å². The molecule has 6 nitrogen and oxygen atoms in total. The molecule has 32 heavy (non-hydrogen) atoms. The third-order valence-electron chi connectivity index (χ3n) is 5.15. The molecule has 1 aromatic heterocycles. The van der Waals surface area contributed by atoms with Gasteiger partial charge in [-0.05, 0) is 54.6 Å². The molecular weight excluding hydrogens is 446 g/mol. The van der Waals surface area contributed by atoms with Gasteiger partial charge >= 0.3 is 0 Å². The van der Waals surface area contributed by atoms with Gasteiger partial charge in [-0.3, -0.25) is 4.79 Å². The summed E-state index contributed by atoms with van der Waals surface area (Å²) in [4.78, 5) is 15.0. The van der Waals surface area contributed by atoms with Crippen molar-refractivity contribution < 1.29 is 13.2 Å². The van der Waals surface area contributed by atoms with Crippen LogP contribution in [0.5, 0.6) is 0 Å². The highest BCUT2D eigenvalue weighted by Crippen LogP contribution is 2.30. The van der Waals surface area contributed by atoms with Crippen LogP contribution in [0.2, 0.25) is 5.02 Å². The number of hydrogen-bond donors (Lipinski definition) is 1. The fourth-order valence-corrected chi connectivity index (χ4v) is 5.10. The number of benzene rings is 3. The highest BCUT2D eigenvalue weighted by atomic mass is 35.5. The molecular formula is C24H22ClN3O3S. The molecule has 0 fully saturated rings. The van der Waals surface area contributed by atoms with E-state index in [4.69, 9.17) is 11.6 Å². The number of carbonyl (C=O) groups is 1. The van der Waals surface area contributed by atoms with Gasteiger partial charge in [0.1, 0.15) is 6.54 Å². The van der Waals surface area contributed by atoms with Crippen molar-refractivity contribution in [2.24, 2.45) is 0 Å². The van der Waals surface area contributed by atoms with Crippen LogP contribution in [0.4, 0.5) is 11.4 Å². The average molecular weight is 468 g/mol. The fourth-order valence-electron chi connectivity index (χ4n) is 3.50. The molecule has 0 saturated carbocycles. The standard InChI is InChI=1S/C24H22ClN3O3S/c1-27(2)19-11-9-18(10-12-19)26-24(29)16-28-15-23(21-5-3-4-6-22(21)28)32(30,31)20-13-7-17(25)8-14-20/h3-15H,16H2,1-2H3,(H,26,29). The first kappa shape index (κ1) is 21.9. The first-order valence-corrected chi connectivity index (χ1v) is 11.8. The van der Waals surface area contributed by atoms with Crippen LogP contribution in [0.1, 0.15) is 0 Å². The second-order valence-electron chi connectivity index (χ2n) is 7.59. The van der Waals surface area contributed by atoms with E-state index in [1.165, 1.54) is 18.3 Å². The monoisotopic (exact) mass is 467 g/mol. The largest absolute Gasteiger partial charge is 0.378 e. The van der Waals surface area contributed by atoms with Gasteiger partial charge < -0.3 is 14.8 Å². The lowest BCUT2D eigenvalue weighted by molar-refractivity contribution is -0.116. The predicted molar refractivity (Wildman–Crippen MR) is 128 cm³/mol. The van der Waals surface area contributed by atoms with E-state index in [-0.39, 0.29) is 22.2 Å². The summed E-state index contributed by atoms with van der Waals surface area (Å²) in [6.45, 7) is -0.0217. The summed E-state index contributed by atoms with van der Waals surface area (Å²) in [5.41, 5.74) is 2.36. The van der Waals surface area contributed by atoms with Crippen LogP contribution < -0.4 is 10.2 Å². The quantitative estimate of drug-likeness (QED) is 0.440. The fraction of sp³-hybridized carbons (Fsp3) is 0.125. The van der Waals surface area contributed by atoms with Crippen molar-refractivity contribution in [3.05, 3.63) is 84.0 Å². The summed E-state index contributed by atoms with van der Waals surface area (Å²) >= 11 is 5.91. The number of amides is 1. The van der Waals surface area contributed by atoms with Crippen LogP contribution in [0.3, 0.4) is 0 Å². The molecule has 0 aliphatic carbocycles. The maximum absolute atomic E-state index is 13.3. The first-order valence-electron chi connectivity index (χ1n) is 9.91. The molecule has 164 valence electrons. The Morgan fingerprint density at radius 1 is 0.969 bits per heavy atom. The van der Waals surface area contributed by atoms with Crippen LogP contribution in [-0.2, 0) is 21.2 Å². The Morgan fingerprint density at radius 2 is 1.62 bits per heavy atom. The molecule has 8 heteroatoms. The minimum atomic E-state index is -3.78. The zero-order chi connectivity index (χ0) is 22.9. The second-order valence-corrected chi connectivity index (χ2v) is 9.94. The molecule has 1 amide bonds. The van der Waals surface area contributed by atoms with E-state index in [1.54, 1.807) is 34.9 Å². The van der Waals surface area contributed by atoms with E-state index in [1.807, 2.05) is 49.3 Å². The van der Waals surface area contributed by atoms with Gasteiger partial charge in [-0.15, -0.1) is 0 Å². The summed E-state index contributed by atoms with van der Waals surface area (Å²) in [6, 6.07) is 20.7. The van der Waals surface area contributed by atoms with Gasteiger partial charge in [0.15, 0.2) is 0 Å². The van der Waals surface area contributed by atoms with Gasteiger partial charge in [0.2, 0.25) is 15.7 Å². The zero-order valence-electron chi connectivity index (χ0n) is 17.6. The Balaban J connectivity index is 1.64. The lowest BCUT2D eigenvalue weighted by atomic mass is 10.2. The number of carbonyl (C=O) groups excluding carboxylic acids is 1. The number of halogens is 1. The molecule has 0 aliphatic rings. The summed E-state index contributed by atoms with van der Waals surface area (Å²) in [5.74, 6) is -0.251. The molecule has 0 saturated heterocycles. The van der Waals surface area contributed by atoms with Gasteiger partial charge in [0.05, 0.1) is 9.79 Å². The Kier molecular flexibility index (Phi) is 5.95. The molecule has 1 N–H and O–H groups in total. The van der Waals surface area contributed by atoms with E-state index >= 15 is 0 Å². The van der Waals surface area contributed by atoms with E-state index < -0.39 is 9.84 Å². The summed E-state index contributed by atoms with van der Waals surface area (Å²) < 4.78 is 28.2. The summed E-state index contributed by atoms with van der Waals surface area (Å²) in [6.07, 6.45) is 1.52. The van der Waals surface area contributed by atoms with Gasteiger partial charge in [0, 0.05) is 47.6 Å². The SMILES string of the molecule is CN(C)c1ccc(NC(=O)Cn2cc(S(=O)(=O)c3ccc(Cl)cc3)c3ccccc32)cc1. The summed E-state index contributed by atoms with van der Waals surface area (Å²) in [7, 11) is 0.105. The molecule has 0 unspecified atom stereocenters. The van der Waals surface area contributed by atoms with Crippen LogP contribution >= 0.6 is 11.6 Å². The van der Waals surface area contributed by atoms with Crippen LogP contribution in [0.25, 0.3) is 10.9 Å². The number of nitrogens with one attached hydrogen (secondary N) is 1. The average Bonchev–Trinajstić information content (AvgIpc) is 3.13. The van der Waals surface area contributed by atoms with Crippen molar-refractivity contribution in [3.63, 3.8) is 0 Å². The number of rotatable bonds is 6. The molecule has 0 spiro atoms. The third kappa shape index (κ3) is 4.35. The maximum Gasteiger partial charge on any atom is 0.244 e. The molecule has 0 aliphatic heterocycles. The van der Waals surface area contributed by atoms with E-state index in [0.29, 0.717) is 21.6 Å². The minimum Gasteiger partial charge on any atom is -0.378 e. The third-order valence-corrected chi connectivity index (χ3v) is 7.20. The molecule has 1 heterocycles. The Labute approximate surface area is 192 Å². The molecule has 0 atom stereocenters. The van der Waals surface area contributed by atoms with Crippen molar-refractivity contribution in [1.82, 2.24) is 4.57 Å². The highest BCUT2D eigenvalue weighted by molar-refractivity contribution is 7.91. The lowest BCUT2D eigenvalue weighted by Crippen LogP contribution is -2.18. The normalized spacial score (nSPS) is 11.5. The van der Waals surface area contributed by atoms with Crippen molar-refractivity contribution >= 4 is 49.6 Å². The minimum absolute atomic E-state index is 0.0217. The number of hydrogen-bond acceptors (Lipinski definition) is 4. The molecule has 0 radical (unpaired) electrons. The smallest absolute Gasteiger partial charge is 0.244 e. The number of aromatic nitrogens is 1. The number of nitrogens with zero attached hydrogens (tertiary/aromatic N) is 2. The number of sulfone groups is 1. The molecule has 4 aromatic rings. The maximum atomic E-state index is 13.3.